The zero-order valence-electron chi connectivity index (χ0n) is 11.4. The second-order valence-electron chi connectivity index (χ2n) is 3.98. The van der Waals surface area contributed by atoms with E-state index in [9.17, 15) is 4.79 Å². The number of halogens is 1. The predicted octanol–water partition coefficient (Wildman–Crippen LogP) is 1.62. The topological polar surface area (TPSA) is 63.2 Å². The second kappa shape index (κ2) is 11.2. The summed E-state index contributed by atoms with van der Waals surface area (Å²) in [5.41, 5.74) is 0. The van der Waals surface area contributed by atoms with Crippen molar-refractivity contribution in [3.8, 4) is 0 Å². The number of hydrogen-bond donors (Lipinski definition) is 0. The van der Waals surface area contributed by atoms with E-state index in [1.165, 1.54) is 0 Å². The van der Waals surface area contributed by atoms with E-state index >= 15 is 0 Å². The number of carbonyl (C=O) groups is 1. The Balaban J connectivity index is 0.000000217. The minimum atomic E-state index is -0.409. The third-order valence-electron chi connectivity index (χ3n) is 2.49. The van der Waals surface area contributed by atoms with Crippen LogP contribution in [0.3, 0.4) is 0 Å². The van der Waals surface area contributed by atoms with Crippen LogP contribution in [0.1, 0.15) is 12.8 Å². The fraction of sp³-hybridized carbons (Fsp3) is 0.769. The van der Waals surface area contributed by atoms with Crippen LogP contribution >= 0.6 is 15.9 Å². The molecule has 0 spiro atoms. The van der Waals surface area contributed by atoms with E-state index in [-0.39, 0.29) is 12.6 Å². The summed E-state index contributed by atoms with van der Waals surface area (Å²) >= 11 is 3.30. The highest BCUT2D eigenvalue weighted by Gasteiger charge is 2.15. The quantitative estimate of drug-likeness (QED) is 0.411. The highest BCUT2D eigenvalue weighted by Crippen LogP contribution is 2.08. The number of esters is 1. The fourth-order valence-corrected chi connectivity index (χ4v) is 1.93. The lowest BCUT2D eigenvalue weighted by Crippen LogP contribution is -2.12. The van der Waals surface area contributed by atoms with Gasteiger partial charge >= 0.3 is 5.97 Å². The molecule has 0 unspecified atom stereocenters. The van der Waals surface area contributed by atoms with E-state index < -0.39 is 5.97 Å². The van der Waals surface area contributed by atoms with Crippen molar-refractivity contribution in [3.63, 3.8) is 0 Å². The summed E-state index contributed by atoms with van der Waals surface area (Å²) in [6.45, 7) is 6.36. The van der Waals surface area contributed by atoms with Crippen molar-refractivity contribution in [3.05, 3.63) is 12.7 Å². The molecule has 0 amide bonds. The molecule has 0 radical (unpaired) electrons. The zero-order valence-corrected chi connectivity index (χ0v) is 13.0. The smallest absolute Gasteiger partial charge is 0.330 e. The van der Waals surface area contributed by atoms with Crippen molar-refractivity contribution >= 4 is 21.9 Å². The molecule has 0 atom stereocenters. The van der Waals surface area contributed by atoms with Gasteiger partial charge in [-0.05, 0) is 0 Å². The van der Waals surface area contributed by atoms with Gasteiger partial charge in [-0.25, -0.2) is 4.79 Å². The highest BCUT2D eigenvalue weighted by molar-refractivity contribution is 9.09. The first-order chi connectivity index (χ1) is 9.76. The molecule has 0 aromatic carbocycles. The van der Waals surface area contributed by atoms with E-state index in [0.717, 1.165) is 31.0 Å². The van der Waals surface area contributed by atoms with Gasteiger partial charge in [0.2, 0.25) is 0 Å². The Morgan fingerprint density at radius 1 is 1.10 bits per heavy atom. The van der Waals surface area contributed by atoms with E-state index in [4.69, 9.17) is 23.7 Å². The summed E-state index contributed by atoms with van der Waals surface area (Å²) in [5.74, 6) is -0.409. The number of alkyl halides is 1. The van der Waals surface area contributed by atoms with Gasteiger partial charge in [-0.1, -0.05) is 22.5 Å². The molecule has 2 heterocycles. The van der Waals surface area contributed by atoms with Crippen LogP contribution in [0.2, 0.25) is 0 Å². The Hall–Kier alpha value is -0.470. The van der Waals surface area contributed by atoms with Crippen molar-refractivity contribution in [1.29, 1.82) is 0 Å². The Labute approximate surface area is 127 Å². The van der Waals surface area contributed by atoms with Crippen molar-refractivity contribution in [2.24, 2.45) is 0 Å². The van der Waals surface area contributed by atoms with Crippen LogP contribution in [-0.2, 0) is 28.5 Å². The van der Waals surface area contributed by atoms with E-state index in [2.05, 4.69) is 22.5 Å². The van der Waals surface area contributed by atoms with Crippen LogP contribution in [0, 0.1) is 0 Å². The van der Waals surface area contributed by atoms with Gasteiger partial charge in [0.1, 0.15) is 0 Å². The molecule has 2 aliphatic heterocycles. The maximum absolute atomic E-state index is 10.6. The average molecular weight is 353 g/mol. The molecule has 2 fully saturated rings. The van der Waals surface area contributed by atoms with Gasteiger partial charge in [0.25, 0.3) is 0 Å². The van der Waals surface area contributed by atoms with Crippen LogP contribution in [-0.4, -0.2) is 56.9 Å². The summed E-state index contributed by atoms with van der Waals surface area (Å²) in [6.07, 6.45) is 2.53. The molecule has 0 saturated carbocycles. The van der Waals surface area contributed by atoms with Crippen molar-refractivity contribution in [2.75, 3.05) is 38.4 Å². The second-order valence-corrected chi connectivity index (χ2v) is 4.77. The van der Waals surface area contributed by atoms with Gasteiger partial charge in [-0.15, -0.1) is 0 Å². The van der Waals surface area contributed by atoms with Gasteiger partial charge < -0.3 is 23.7 Å². The largest absolute Gasteiger partial charge is 0.462 e. The number of rotatable bonds is 6. The Kier molecular flexibility index (Phi) is 9.86. The molecular weight excluding hydrogens is 332 g/mol. The van der Waals surface area contributed by atoms with Crippen LogP contribution in [0.25, 0.3) is 0 Å². The summed E-state index contributed by atoms with van der Waals surface area (Å²) in [7, 11) is 0. The molecule has 2 rings (SSSR count). The first-order valence-electron chi connectivity index (χ1n) is 6.58. The van der Waals surface area contributed by atoms with E-state index in [1.54, 1.807) is 0 Å². The lowest BCUT2D eigenvalue weighted by Gasteiger charge is -2.07. The normalized spacial score (nSPS) is 19.4. The highest BCUT2D eigenvalue weighted by atomic mass is 79.9. The molecule has 0 aromatic rings. The van der Waals surface area contributed by atoms with Crippen LogP contribution in [0.5, 0.6) is 0 Å². The Morgan fingerprint density at radius 3 is 2.05 bits per heavy atom. The van der Waals surface area contributed by atoms with Crippen LogP contribution in [0.4, 0.5) is 0 Å². The minimum Gasteiger partial charge on any atom is -0.462 e. The monoisotopic (exact) mass is 352 g/mol. The van der Waals surface area contributed by atoms with Crippen molar-refractivity contribution in [2.45, 2.75) is 25.4 Å². The van der Waals surface area contributed by atoms with Crippen molar-refractivity contribution in [1.82, 2.24) is 0 Å². The average Bonchev–Trinajstić information content (AvgIpc) is 3.13. The first-order valence-corrected chi connectivity index (χ1v) is 7.70. The summed E-state index contributed by atoms with van der Waals surface area (Å²) < 4.78 is 25.3. The summed E-state index contributed by atoms with van der Waals surface area (Å²) in [6, 6.07) is 0. The molecule has 116 valence electrons. The van der Waals surface area contributed by atoms with Crippen molar-refractivity contribution < 1.29 is 28.5 Å². The lowest BCUT2D eigenvalue weighted by atomic mass is 10.4. The standard InChI is InChI=1S/C8H12O4.C5H9BrO2/c1-2-7(9)10-4-3-8-11-5-6-12-8;6-2-1-5-7-3-4-8-5/h2,8H,1,3-6H2;5H,1-4H2. The van der Waals surface area contributed by atoms with Crippen LogP contribution < -0.4 is 0 Å². The molecule has 0 aliphatic carbocycles. The molecule has 7 heteroatoms. The van der Waals surface area contributed by atoms with Gasteiger partial charge in [0.05, 0.1) is 33.0 Å². The van der Waals surface area contributed by atoms with Gasteiger partial charge in [-0.2, -0.15) is 0 Å². The fourth-order valence-electron chi connectivity index (χ4n) is 1.55. The van der Waals surface area contributed by atoms with Gasteiger partial charge in [-0.3, -0.25) is 0 Å². The molecule has 0 aromatic heterocycles. The maximum atomic E-state index is 10.6. The minimum absolute atomic E-state index is 0.0642. The van der Waals surface area contributed by atoms with E-state index in [1.807, 2.05) is 0 Å². The number of hydrogen-bond acceptors (Lipinski definition) is 6. The number of carbonyl (C=O) groups excluding carboxylic acids is 1. The maximum Gasteiger partial charge on any atom is 0.330 e. The molecule has 2 saturated heterocycles. The molecule has 2 aliphatic rings. The SMILES string of the molecule is BrCCC1OCCO1.C=CC(=O)OCCC1OCCO1. The third-order valence-corrected chi connectivity index (χ3v) is 2.95. The number of ether oxygens (including phenoxy) is 5. The molecular formula is C13H21BrO6. The predicted molar refractivity (Wildman–Crippen MR) is 75.6 cm³/mol. The van der Waals surface area contributed by atoms with Gasteiger partial charge in [0, 0.05) is 24.2 Å². The Morgan fingerprint density at radius 2 is 1.60 bits per heavy atom. The molecule has 20 heavy (non-hydrogen) atoms. The van der Waals surface area contributed by atoms with Crippen LogP contribution in [0.15, 0.2) is 12.7 Å². The molecule has 0 N–H and O–H groups in total. The lowest BCUT2D eigenvalue weighted by molar-refractivity contribution is -0.140. The molecule has 6 nitrogen and oxygen atoms in total. The zero-order chi connectivity index (χ0) is 14.6. The summed E-state index contributed by atoms with van der Waals surface area (Å²) in [5, 5.41) is 0.956. The Bertz CT molecular complexity index is 274. The van der Waals surface area contributed by atoms with E-state index in [0.29, 0.717) is 26.2 Å². The first kappa shape index (κ1) is 17.6. The third kappa shape index (κ3) is 7.96. The summed E-state index contributed by atoms with van der Waals surface area (Å²) in [4.78, 5) is 10.6. The van der Waals surface area contributed by atoms with Gasteiger partial charge in [0.15, 0.2) is 12.6 Å². The molecule has 0 bridgehead atoms.